The van der Waals surface area contributed by atoms with Crippen LogP contribution in [0.5, 0.6) is 0 Å². The van der Waals surface area contributed by atoms with Gasteiger partial charge in [-0.1, -0.05) is 48.5 Å². The number of fused-ring (bicyclic) bond motifs is 3. The van der Waals surface area contributed by atoms with E-state index in [1.165, 1.54) is 0 Å². The van der Waals surface area contributed by atoms with E-state index in [2.05, 4.69) is 15.6 Å². The normalized spacial score (nSPS) is 12.9. The van der Waals surface area contributed by atoms with Gasteiger partial charge in [-0.3, -0.25) is 14.6 Å². The van der Waals surface area contributed by atoms with Gasteiger partial charge in [0, 0.05) is 12.1 Å². The number of aliphatic carboxylic acids is 1. The fraction of sp³-hybridized carbons (Fsp3) is 0.259. The Bertz CT molecular complexity index is 1230. The third kappa shape index (κ3) is 5.32. The van der Waals surface area contributed by atoms with Crippen molar-refractivity contribution in [2.75, 3.05) is 6.61 Å². The number of alkyl carbamates (subject to hydrolysis) is 1. The van der Waals surface area contributed by atoms with Gasteiger partial charge in [0.1, 0.15) is 12.6 Å². The van der Waals surface area contributed by atoms with Crippen LogP contribution in [0.2, 0.25) is 0 Å². The van der Waals surface area contributed by atoms with Crippen molar-refractivity contribution in [3.63, 3.8) is 0 Å². The first-order valence-electron chi connectivity index (χ1n) is 11.4. The highest BCUT2D eigenvalue weighted by atomic mass is 16.5. The lowest BCUT2D eigenvalue weighted by Crippen LogP contribution is -2.48. The zero-order chi connectivity index (χ0) is 24.9. The number of benzene rings is 2. The van der Waals surface area contributed by atoms with E-state index in [4.69, 9.17) is 4.74 Å². The standard InChI is InChI=1S/C27H27N3O5/c1-16-11-12-28-24(17(16)2)14-29-26(33)23(13-25(31)32)30-27(34)35-15-22-20-9-5-3-7-18(20)19-8-4-6-10-21(19)22/h3-12,22-23H,13-15H2,1-2H3,(H,29,33)(H,30,34)(H,31,32). The van der Waals surface area contributed by atoms with Crippen LogP contribution in [0.25, 0.3) is 11.1 Å². The molecule has 4 rings (SSSR count). The van der Waals surface area contributed by atoms with Crippen LogP contribution in [0.3, 0.4) is 0 Å². The molecule has 1 unspecified atom stereocenters. The maximum atomic E-state index is 12.7. The van der Waals surface area contributed by atoms with Gasteiger partial charge in [0.05, 0.1) is 18.7 Å². The number of nitrogens with one attached hydrogen (secondary N) is 2. The first kappa shape index (κ1) is 23.9. The molecule has 180 valence electrons. The third-order valence-electron chi connectivity index (χ3n) is 6.34. The van der Waals surface area contributed by atoms with Crippen molar-refractivity contribution >= 4 is 18.0 Å². The minimum atomic E-state index is -1.28. The van der Waals surface area contributed by atoms with Crippen molar-refractivity contribution in [3.05, 3.63) is 88.7 Å². The lowest BCUT2D eigenvalue weighted by atomic mass is 9.98. The summed E-state index contributed by atoms with van der Waals surface area (Å²) < 4.78 is 5.46. The molecular formula is C27H27N3O5. The summed E-state index contributed by atoms with van der Waals surface area (Å²) in [6.07, 6.45) is 0.224. The molecular weight excluding hydrogens is 446 g/mol. The number of carbonyl (C=O) groups excluding carboxylic acids is 2. The lowest BCUT2D eigenvalue weighted by Gasteiger charge is -2.19. The molecule has 2 aromatic carbocycles. The molecule has 0 fully saturated rings. The Morgan fingerprint density at radius 3 is 2.26 bits per heavy atom. The number of ether oxygens (including phenoxy) is 1. The van der Waals surface area contributed by atoms with E-state index in [1.807, 2.05) is 68.4 Å². The molecule has 0 spiro atoms. The number of aryl methyl sites for hydroxylation is 1. The average molecular weight is 474 g/mol. The van der Waals surface area contributed by atoms with Crippen molar-refractivity contribution < 1.29 is 24.2 Å². The number of carboxylic acid groups (broad SMARTS) is 1. The van der Waals surface area contributed by atoms with Gasteiger partial charge >= 0.3 is 12.1 Å². The summed E-state index contributed by atoms with van der Waals surface area (Å²) in [5.41, 5.74) is 6.95. The maximum Gasteiger partial charge on any atom is 0.407 e. The number of rotatable bonds is 8. The van der Waals surface area contributed by atoms with Gasteiger partial charge in [0.15, 0.2) is 0 Å². The SMILES string of the molecule is Cc1ccnc(CNC(=O)C(CC(=O)O)NC(=O)OCC2c3ccccc3-c3ccccc32)c1C. The first-order valence-corrected chi connectivity index (χ1v) is 11.4. The Morgan fingerprint density at radius 2 is 1.63 bits per heavy atom. The van der Waals surface area contributed by atoms with Gasteiger partial charge in [-0.15, -0.1) is 0 Å². The van der Waals surface area contributed by atoms with Crippen LogP contribution in [0, 0.1) is 13.8 Å². The molecule has 8 nitrogen and oxygen atoms in total. The highest BCUT2D eigenvalue weighted by Crippen LogP contribution is 2.44. The summed E-state index contributed by atoms with van der Waals surface area (Å²) in [6.45, 7) is 4.02. The molecule has 0 aliphatic heterocycles. The highest BCUT2D eigenvalue weighted by molar-refractivity contribution is 5.89. The average Bonchev–Trinajstić information content (AvgIpc) is 3.16. The Morgan fingerprint density at radius 1 is 1.00 bits per heavy atom. The summed E-state index contributed by atoms with van der Waals surface area (Å²) in [5.74, 6) is -1.98. The quantitative estimate of drug-likeness (QED) is 0.459. The van der Waals surface area contributed by atoms with E-state index in [0.717, 1.165) is 33.4 Å². The van der Waals surface area contributed by atoms with Crippen molar-refractivity contribution in [3.8, 4) is 11.1 Å². The number of nitrogens with zero attached hydrogens (tertiary/aromatic N) is 1. The van der Waals surface area contributed by atoms with Crippen LogP contribution in [0.15, 0.2) is 60.8 Å². The van der Waals surface area contributed by atoms with Crippen molar-refractivity contribution in [2.45, 2.75) is 38.8 Å². The van der Waals surface area contributed by atoms with Crippen LogP contribution < -0.4 is 10.6 Å². The molecule has 1 aromatic heterocycles. The monoisotopic (exact) mass is 473 g/mol. The molecule has 8 heteroatoms. The van der Waals surface area contributed by atoms with Crippen LogP contribution in [-0.4, -0.2) is 40.7 Å². The Hall–Kier alpha value is -4.20. The Kier molecular flexibility index (Phi) is 7.10. The lowest BCUT2D eigenvalue weighted by molar-refractivity contribution is -0.139. The molecule has 3 aromatic rings. The first-order chi connectivity index (χ1) is 16.8. The fourth-order valence-corrected chi connectivity index (χ4v) is 4.33. The van der Waals surface area contributed by atoms with E-state index >= 15 is 0 Å². The molecule has 1 aliphatic carbocycles. The van der Waals surface area contributed by atoms with E-state index in [-0.39, 0.29) is 19.1 Å². The second-order valence-corrected chi connectivity index (χ2v) is 8.54. The third-order valence-corrected chi connectivity index (χ3v) is 6.34. The number of carboxylic acids is 1. The van der Waals surface area contributed by atoms with Gasteiger partial charge in [-0.2, -0.15) is 0 Å². The molecule has 2 amide bonds. The highest BCUT2D eigenvalue weighted by Gasteiger charge is 2.30. The topological polar surface area (TPSA) is 118 Å². The van der Waals surface area contributed by atoms with Crippen molar-refractivity contribution in [2.24, 2.45) is 0 Å². The Balaban J connectivity index is 1.39. The van der Waals surface area contributed by atoms with Gasteiger partial charge in [0.2, 0.25) is 5.91 Å². The van der Waals surface area contributed by atoms with Crippen LogP contribution >= 0.6 is 0 Å². The number of amides is 2. The van der Waals surface area contributed by atoms with Gasteiger partial charge < -0.3 is 20.5 Å². The van der Waals surface area contributed by atoms with Crippen LogP contribution in [-0.2, 0) is 20.9 Å². The van der Waals surface area contributed by atoms with Crippen molar-refractivity contribution in [1.29, 1.82) is 0 Å². The number of pyridine rings is 1. The fourth-order valence-electron chi connectivity index (χ4n) is 4.33. The zero-order valence-electron chi connectivity index (χ0n) is 19.6. The minimum absolute atomic E-state index is 0.0632. The second-order valence-electron chi connectivity index (χ2n) is 8.54. The Labute approximate surface area is 203 Å². The van der Waals surface area contributed by atoms with Crippen LogP contribution in [0.4, 0.5) is 4.79 Å². The van der Waals surface area contributed by atoms with E-state index in [9.17, 15) is 19.5 Å². The minimum Gasteiger partial charge on any atom is -0.481 e. The molecule has 1 heterocycles. The summed E-state index contributed by atoms with van der Waals surface area (Å²) in [5, 5.41) is 14.3. The summed E-state index contributed by atoms with van der Waals surface area (Å²) in [6, 6.07) is 16.5. The van der Waals surface area contributed by atoms with Gasteiger partial charge in [-0.05, 0) is 53.3 Å². The second kappa shape index (κ2) is 10.4. The van der Waals surface area contributed by atoms with E-state index < -0.39 is 30.4 Å². The van der Waals surface area contributed by atoms with Gasteiger partial charge in [0.25, 0.3) is 0 Å². The maximum absolute atomic E-state index is 12.7. The smallest absolute Gasteiger partial charge is 0.407 e. The predicted octanol–water partition coefficient (Wildman–Crippen LogP) is 3.70. The summed E-state index contributed by atoms with van der Waals surface area (Å²) in [4.78, 5) is 40.9. The van der Waals surface area contributed by atoms with E-state index in [1.54, 1.807) is 6.20 Å². The van der Waals surface area contributed by atoms with Crippen molar-refractivity contribution in [1.82, 2.24) is 15.6 Å². The number of hydrogen-bond donors (Lipinski definition) is 3. The molecule has 0 bridgehead atoms. The summed E-state index contributed by atoms with van der Waals surface area (Å²) in [7, 11) is 0. The van der Waals surface area contributed by atoms with Gasteiger partial charge in [-0.25, -0.2) is 4.79 Å². The molecule has 0 saturated heterocycles. The number of hydrogen-bond acceptors (Lipinski definition) is 5. The summed E-state index contributed by atoms with van der Waals surface area (Å²) >= 11 is 0. The molecule has 1 aliphatic rings. The molecule has 0 saturated carbocycles. The molecule has 1 atom stereocenters. The predicted molar refractivity (Wildman–Crippen MR) is 130 cm³/mol. The molecule has 0 radical (unpaired) electrons. The van der Waals surface area contributed by atoms with Crippen LogP contribution in [0.1, 0.15) is 40.3 Å². The molecule has 3 N–H and O–H groups in total. The number of carbonyl (C=O) groups is 3. The zero-order valence-corrected chi connectivity index (χ0v) is 19.6. The largest absolute Gasteiger partial charge is 0.481 e. The molecule has 35 heavy (non-hydrogen) atoms. The van der Waals surface area contributed by atoms with E-state index in [0.29, 0.717) is 5.69 Å². The number of aromatic nitrogens is 1.